The summed E-state index contributed by atoms with van der Waals surface area (Å²) in [5, 5.41) is 3.30. The third-order valence-corrected chi connectivity index (χ3v) is 8.84. The number of rotatable bonds is 14. The monoisotopic (exact) mass is 615 g/mol. The molecule has 2 atom stereocenters. The number of benzene rings is 3. The maximum absolute atomic E-state index is 14.0. The predicted molar refractivity (Wildman–Crippen MR) is 164 cm³/mol. The Morgan fingerprint density at radius 2 is 1.50 bits per heavy atom. The summed E-state index contributed by atoms with van der Waals surface area (Å²) >= 11 is 6.01. The summed E-state index contributed by atoms with van der Waals surface area (Å²) in [4.78, 5) is 28.6. The minimum atomic E-state index is -4.21. The number of ether oxygens (including phenoxy) is 2. The Kier molecular flexibility index (Phi) is 11.6. The van der Waals surface area contributed by atoms with Gasteiger partial charge in [0.05, 0.1) is 24.3 Å². The molecule has 0 saturated heterocycles. The van der Waals surface area contributed by atoms with Crippen LogP contribution in [0.15, 0.2) is 77.7 Å². The van der Waals surface area contributed by atoms with Crippen LogP contribution in [-0.2, 0) is 26.2 Å². The van der Waals surface area contributed by atoms with Crippen LogP contribution in [0.3, 0.4) is 0 Å². The second-order valence-corrected chi connectivity index (χ2v) is 12.1. The van der Waals surface area contributed by atoms with Crippen LogP contribution in [0.2, 0.25) is 5.02 Å². The van der Waals surface area contributed by atoms with Crippen molar-refractivity contribution in [2.24, 2.45) is 0 Å². The lowest BCUT2D eigenvalue weighted by molar-refractivity contribution is -0.139. The number of carbonyl (C=O) groups is 2. The highest BCUT2D eigenvalue weighted by molar-refractivity contribution is 7.92. The molecule has 3 aromatic carbocycles. The van der Waals surface area contributed by atoms with Crippen molar-refractivity contribution in [1.29, 1.82) is 0 Å². The highest BCUT2D eigenvalue weighted by Crippen LogP contribution is 2.27. The third-order valence-electron chi connectivity index (χ3n) is 6.80. The summed E-state index contributed by atoms with van der Waals surface area (Å²) in [6, 6.07) is 18.3. The Balaban J connectivity index is 2.02. The molecule has 0 fully saturated rings. The molecule has 0 spiro atoms. The number of nitrogens with one attached hydrogen (secondary N) is 1. The first-order chi connectivity index (χ1) is 20.0. The fourth-order valence-electron chi connectivity index (χ4n) is 4.11. The summed E-state index contributed by atoms with van der Waals surface area (Å²) < 4.78 is 39.6. The van der Waals surface area contributed by atoms with Crippen molar-refractivity contribution in [2.75, 3.05) is 24.6 Å². The number of hydrogen-bond donors (Lipinski definition) is 1. The number of halogens is 1. The van der Waals surface area contributed by atoms with Gasteiger partial charge in [-0.05, 0) is 93.4 Å². The van der Waals surface area contributed by atoms with Gasteiger partial charge in [0.15, 0.2) is 0 Å². The maximum atomic E-state index is 14.0. The number of anilines is 1. The molecule has 0 unspecified atom stereocenters. The summed E-state index contributed by atoms with van der Waals surface area (Å²) in [7, 11) is -2.65. The molecule has 3 rings (SSSR count). The van der Waals surface area contributed by atoms with Crippen LogP contribution < -0.4 is 19.1 Å². The van der Waals surface area contributed by atoms with E-state index in [1.807, 2.05) is 20.8 Å². The van der Waals surface area contributed by atoms with E-state index in [0.717, 1.165) is 16.3 Å². The van der Waals surface area contributed by atoms with Crippen molar-refractivity contribution < 1.29 is 27.5 Å². The normalized spacial score (nSPS) is 12.6. The van der Waals surface area contributed by atoms with Crippen molar-refractivity contribution >= 4 is 39.1 Å². The van der Waals surface area contributed by atoms with Crippen LogP contribution in [0, 0.1) is 0 Å². The molecule has 0 aliphatic heterocycles. The zero-order valence-electron chi connectivity index (χ0n) is 24.5. The zero-order valence-corrected chi connectivity index (χ0v) is 26.1. The molecular weight excluding hydrogens is 578 g/mol. The molecule has 1 N–H and O–H groups in total. The van der Waals surface area contributed by atoms with Crippen LogP contribution >= 0.6 is 11.6 Å². The molecule has 0 radical (unpaired) electrons. The van der Waals surface area contributed by atoms with Crippen molar-refractivity contribution in [3.05, 3.63) is 83.4 Å². The molecule has 0 aromatic heterocycles. The van der Waals surface area contributed by atoms with Gasteiger partial charge in [-0.2, -0.15) is 0 Å². The number of nitrogens with zero attached hydrogens (tertiary/aromatic N) is 2. The Labute approximate surface area is 253 Å². The highest BCUT2D eigenvalue weighted by Gasteiger charge is 2.33. The summed E-state index contributed by atoms with van der Waals surface area (Å²) in [5.41, 5.74) is 1.02. The van der Waals surface area contributed by atoms with E-state index in [2.05, 4.69) is 5.32 Å². The number of carbonyl (C=O) groups excluding carboxylic acids is 2. The molecule has 0 saturated carbocycles. The molecule has 226 valence electrons. The number of methoxy groups -OCH3 is 1. The smallest absolute Gasteiger partial charge is 0.264 e. The van der Waals surface area contributed by atoms with Crippen molar-refractivity contribution in [1.82, 2.24) is 10.2 Å². The molecular formula is C31H38ClN3O6S. The summed E-state index contributed by atoms with van der Waals surface area (Å²) in [6.45, 7) is 7.29. The predicted octanol–water partition coefficient (Wildman–Crippen LogP) is 5.27. The highest BCUT2D eigenvalue weighted by atomic mass is 35.5. The van der Waals surface area contributed by atoms with Crippen LogP contribution in [-0.4, -0.2) is 57.5 Å². The minimum absolute atomic E-state index is 0.0298. The van der Waals surface area contributed by atoms with E-state index in [1.54, 1.807) is 62.6 Å². The number of amides is 2. The number of hydrogen-bond acceptors (Lipinski definition) is 6. The second-order valence-electron chi connectivity index (χ2n) is 9.76. The lowest BCUT2D eigenvalue weighted by atomic mass is 10.1. The summed E-state index contributed by atoms with van der Waals surface area (Å²) in [5.74, 6) is 0.325. The van der Waals surface area contributed by atoms with Crippen LogP contribution in [0.4, 0.5) is 5.69 Å². The zero-order chi connectivity index (χ0) is 30.9. The van der Waals surface area contributed by atoms with E-state index >= 15 is 0 Å². The Hall–Kier alpha value is -3.76. The van der Waals surface area contributed by atoms with E-state index in [0.29, 0.717) is 23.1 Å². The first-order valence-corrected chi connectivity index (χ1v) is 15.6. The van der Waals surface area contributed by atoms with Gasteiger partial charge in [0.25, 0.3) is 10.0 Å². The Bertz CT molecular complexity index is 1430. The maximum Gasteiger partial charge on any atom is 0.264 e. The first kappa shape index (κ1) is 32.8. The third kappa shape index (κ3) is 8.39. The van der Waals surface area contributed by atoms with E-state index in [9.17, 15) is 18.0 Å². The van der Waals surface area contributed by atoms with Crippen LogP contribution in [0.1, 0.15) is 39.7 Å². The van der Waals surface area contributed by atoms with E-state index in [1.165, 1.54) is 29.2 Å². The van der Waals surface area contributed by atoms with Gasteiger partial charge in [-0.15, -0.1) is 0 Å². The lowest BCUT2D eigenvalue weighted by Gasteiger charge is -2.32. The van der Waals surface area contributed by atoms with Gasteiger partial charge in [0.2, 0.25) is 11.8 Å². The molecule has 11 heteroatoms. The molecule has 2 amide bonds. The number of sulfonamides is 1. The first-order valence-electron chi connectivity index (χ1n) is 13.7. The molecule has 0 bridgehead atoms. The van der Waals surface area contributed by atoms with Crippen molar-refractivity contribution in [2.45, 2.75) is 57.6 Å². The second kappa shape index (κ2) is 14.9. The van der Waals surface area contributed by atoms with Crippen LogP contribution in [0.25, 0.3) is 0 Å². The van der Waals surface area contributed by atoms with E-state index in [-0.39, 0.29) is 29.1 Å². The Morgan fingerprint density at radius 1 is 0.905 bits per heavy atom. The summed E-state index contributed by atoms with van der Waals surface area (Å²) in [6.07, 6.45) is 0.718. The minimum Gasteiger partial charge on any atom is -0.497 e. The average Bonchev–Trinajstić information content (AvgIpc) is 2.99. The molecule has 0 aliphatic rings. The van der Waals surface area contributed by atoms with Gasteiger partial charge in [-0.1, -0.05) is 30.7 Å². The fraction of sp³-hybridized carbons (Fsp3) is 0.355. The molecule has 0 aliphatic carbocycles. The van der Waals surface area contributed by atoms with Gasteiger partial charge in [-0.25, -0.2) is 8.42 Å². The molecule has 9 nitrogen and oxygen atoms in total. The fourth-order valence-corrected chi connectivity index (χ4v) is 5.65. The van der Waals surface area contributed by atoms with Gasteiger partial charge >= 0.3 is 0 Å². The van der Waals surface area contributed by atoms with Crippen molar-refractivity contribution in [3.63, 3.8) is 0 Å². The van der Waals surface area contributed by atoms with Gasteiger partial charge in [0.1, 0.15) is 24.1 Å². The Morgan fingerprint density at radius 3 is 2.05 bits per heavy atom. The van der Waals surface area contributed by atoms with Crippen molar-refractivity contribution in [3.8, 4) is 11.5 Å². The topological polar surface area (TPSA) is 105 Å². The van der Waals surface area contributed by atoms with E-state index < -0.39 is 28.5 Å². The largest absolute Gasteiger partial charge is 0.497 e. The SMILES string of the molecule is CCOc1ccc(N(CC(=O)N(Cc2ccc(OC)cc2)[C@H](C)C(=O)N[C@@H](C)CC)S(=O)(=O)c2ccc(Cl)cc2)cc1. The van der Waals surface area contributed by atoms with Gasteiger partial charge in [0, 0.05) is 17.6 Å². The standard InChI is InChI=1S/C31H38ClN3O6S/c1-6-22(3)33-31(37)23(4)34(20-24-8-14-27(40-5)15-9-24)30(36)21-35(26-12-16-28(17-13-26)41-7-2)42(38,39)29-18-10-25(32)11-19-29/h8-19,22-23H,6-7,20-21H2,1-5H3,(H,33,37)/t22-,23+/m0/s1. The van der Waals surface area contributed by atoms with Gasteiger partial charge < -0.3 is 19.7 Å². The van der Waals surface area contributed by atoms with Gasteiger partial charge in [-0.3, -0.25) is 13.9 Å². The van der Waals surface area contributed by atoms with Crippen LogP contribution in [0.5, 0.6) is 11.5 Å². The quantitative estimate of drug-likeness (QED) is 0.265. The van der Waals surface area contributed by atoms with E-state index in [4.69, 9.17) is 21.1 Å². The lowest BCUT2D eigenvalue weighted by Crippen LogP contribution is -2.52. The molecule has 42 heavy (non-hydrogen) atoms. The average molecular weight is 616 g/mol. The molecule has 3 aromatic rings. The molecule has 0 heterocycles.